The Bertz CT molecular complexity index is 1720. The maximum atomic E-state index is 13.4. The van der Waals surface area contributed by atoms with Crippen molar-refractivity contribution < 1.29 is 28.6 Å². The summed E-state index contributed by atoms with van der Waals surface area (Å²) in [7, 11) is -2.94. The number of carbonyl (C=O) groups is 2. The number of esters is 1. The molecule has 3 aromatic carbocycles. The molecular weight excluding hydrogens is 627 g/mol. The third-order valence-electron chi connectivity index (χ3n) is 8.89. The van der Waals surface area contributed by atoms with Gasteiger partial charge in [-0.3, -0.25) is 9.36 Å². The molecule has 4 aromatic rings. The number of benzene rings is 3. The van der Waals surface area contributed by atoms with Gasteiger partial charge < -0.3 is 24.3 Å². The molecular formula is C37H43N3O7Si. The van der Waals surface area contributed by atoms with E-state index in [9.17, 15) is 19.5 Å². The number of anilines is 1. The van der Waals surface area contributed by atoms with Crippen LogP contribution in [0, 0.1) is 5.92 Å². The number of nitrogens with zero attached hydrogens (tertiary/aromatic N) is 2. The van der Waals surface area contributed by atoms with Crippen LogP contribution in [0.1, 0.15) is 57.6 Å². The van der Waals surface area contributed by atoms with Crippen LogP contribution in [0.5, 0.6) is 0 Å². The van der Waals surface area contributed by atoms with E-state index in [-0.39, 0.29) is 30.5 Å². The fourth-order valence-electron chi connectivity index (χ4n) is 6.48. The highest BCUT2D eigenvalue weighted by Gasteiger charge is 2.54. The molecule has 48 heavy (non-hydrogen) atoms. The van der Waals surface area contributed by atoms with Gasteiger partial charge in [-0.15, -0.1) is 0 Å². The Hall–Kier alpha value is -4.42. The Kier molecular flexibility index (Phi) is 10.4. The predicted molar refractivity (Wildman–Crippen MR) is 186 cm³/mol. The number of hydrogen-bond donors (Lipinski definition) is 2. The smallest absolute Gasteiger partial charge is 0.351 e. The lowest BCUT2D eigenvalue weighted by Gasteiger charge is -2.43. The fraction of sp³-hybridized carbons (Fsp3) is 0.351. The lowest BCUT2D eigenvalue weighted by Crippen LogP contribution is -2.67. The van der Waals surface area contributed by atoms with Gasteiger partial charge in [-0.25, -0.2) is 9.59 Å². The SMILES string of the molecule is CCOC(=O)[C@@](C)(O)[C@@H]1C[C@@H](CO[Si](c2ccccc2)(c2ccccc2)C(C)(C)C)O[C@H]1n1ccc(NC(=O)c2ccccc2)nc1=O. The summed E-state index contributed by atoms with van der Waals surface area (Å²) in [5.41, 5.74) is -2.30. The van der Waals surface area contributed by atoms with E-state index in [0.29, 0.717) is 5.56 Å². The minimum atomic E-state index is -2.94. The van der Waals surface area contributed by atoms with Crippen molar-refractivity contribution in [3.8, 4) is 0 Å². The highest BCUT2D eigenvalue weighted by molar-refractivity contribution is 6.99. The zero-order valence-electron chi connectivity index (χ0n) is 28.0. The first-order valence-electron chi connectivity index (χ1n) is 16.1. The van der Waals surface area contributed by atoms with Crippen molar-refractivity contribution in [3.05, 3.63) is 119 Å². The minimum Gasteiger partial charge on any atom is -0.464 e. The van der Waals surface area contributed by atoms with E-state index in [1.807, 2.05) is 36.4 Å². The van der Waals surface area contributed by atoms with Crippen LogP contribution in [0.2, 0.25) is 5.04 Å². The number of nitrogens with one attached hydrogen (secondary N) is 1. The number of carbonyl (C=O) groups excluding carboxylic acids is 2. The van der Waals surface area contributed by atoms with E-state index in [4.69, 9.17) is 13.9 Å². The third kappa shape index (κ3) is 7.04. The standard InChI is InChI=1S/C37H43N3O7Si/c1-6-45-34(42)37(5,44)30-24-27(25-46-48(36(2,3)4,28-18-12-8-13-19-28)29-20-14-9-15-21-29)47-33(30)40-23-22-31(39-35(40)43)38-32(41)26-16-10-7-11-17-26/h7-23,27,30,33,44H,6,24-25H2,1-5H3,(H,38,39,41,43)/t27-,30+,33+,37-/m0/s1. The van der Waals surface area contributed by atoms with Gasteiger partial charge in [0, 0.05) is 17.7 Å². The topological polar surface area (TPSA) is 129 Å². The molecule has 0 bridgehead atoms. The molecule has 1 saturated heterocycles. The van der Waals surface area contributed by atoms with Crippen LogP contribution in [0.15, 0.2) is 108 Å². The quantitative estimate of drug-likeness (QED) is 0.179. The Morgan fingerprint density at radius 3 is 2.02 bits per heavy atom. The Morgan fingerprint density at radius 2 is 1.50 bits per heavy atom. The Balaban J connectivity index is 1.47. The van der Waals surface area contributed by atoms with Crippen molar-refractivity contribution in [1.82, 2.24) is 9.55 Å². The molecule has 1 aromatic heterocycles. The molecule has 252 valence electrons. The number of rotatable bonds is 11. The van der Waals surface area contributed by atoms with Crippen molar-refractivity contribution in [1.29, 1.82) is 0 Å². The molecule has 2 N–H and O–H groups in total. The van der Waals surface area contributed by atoms with Gasteiger partial charge in [0.2, 0.25) is 0 Å². The van der Waals surface area contributed by atoms with E-state index < -0.39 is 49.7 Å². The molecule has 2 heterocycles. The van der Waals surface area contributed by atoms with E-state index in [2.05, 4.69) is 55.3 Å². The van der Waals surface area contributed by atoms with Crippen molar-refractivity contribution in [3.63, 3.8) is 0 Å². The van der Waals surface area contributed by atoms with Gasteiger partial charge in [-0.2, -0.15) is 4.98 Å². The van der Waals surface area contributed by atoms with Gasteiger partial charge in [0.1, 0.15) is 12.0 Å². The molecule has 0 saturated carbocycles. The van der Waals surface area contributed by atoms with Crippen molar-refractivity contribution >= 4 is 36.4 Å². The molecule has 0 spiro atoms. The maximum Gasteiger partial charge on any atom is 0.351 e. The molecule has 4 atom stereocenters. The minimum absolute atomic E-state index is 0.0587. The zero-order valence-corrected chi connectivity index (χ0v) is 29.0. The largest absolute Gasteiger partial charge is 0.464 e. The summed E-state index contributed by atoms with van der Waals surface area (Å²) in [6, 6.07) is 30.4. The summed E-state index contributed by atoms with van der Waals surface area (Å²) < 4.78 is 20.1. The summed E-state index contributed by atoms with van der Waals surface area (Å²) in [4.78, 5) is 43.2. The van der Waals surface area contributed by atoms with Crippen molar-refractivity contribution in [2.24, 2.45) is 5.92 Å². The van der Waals surface area contributed by atoms with Gasteiger partial charge in [0.15, 0.2) is 5.60 Å². The number of amides is 1. The third-order valence-corrected chi connectivity index (χ3v) is 13.9. The first-order chi connectivity index (χ1) is 22.9. The normalized spacial score (nSPS) is 19.3. The van der Waals surface area contributed by atoms with Crippen LogP contribution in [-0.2, 0) is 18.7 Å². The van der Waals surface area contributed by atoms with Crippen LogP contribution in [0.25, 0.3) is 0 Å². The molecule has 0 aliphatic carbocycles. The highest BCUT2D eigenvalue weighted by Crippen LogP contribution is 2.43. The van der Waals surface area contributed by atoms with E-state index in [1.165, 1.54) is 23.8 Å². The second-order valence-corrected chi connectivity index (χ2v) is 17.5. The van der Waals surface area contributed by atoms with E-state index in [1.54, 1.807) is 37.3 Å². The first kappa shape index (κ1) is 34.9. The maximum absolute atomic E-state index is 13.4. The molecule has 1 amide bonds. The van der Waals surface area contributed by atoms with Gasteiger partial charge in [0.25, 0.3) is 14.2 Å². The number of ether oxygens (including phenoxy) is 2. The zero-order chi connectivity index (χ0) is 34.5. The van der Waals surface area contributed by atoms with Crippen LogP contribution in [0.3, 0.4) is 0 Å². The number of hydrogen-bond acceptors (Lipinski definition) is 8. The Morgan fingerprint density at radius 1 is 0.938 bits per heavy atom. The lowest BCUT2D eigenvalue weighted by molar-refractivity contribution is -0.174. The van der Waals surface area contributed by atoms with Gasteiger partial charge >= 0.3 is 11.7 Å². The monoisotopic (exact) mass is 669 g/mol. The van der Waals surface area contributed by atoms with Gasteiger partial charge in [-0.05, 0) is 53.9 Å². The molecule has 1 aliphatic rings. The Labute approximate surface area is 281 Å². The van der Waals surface area contributed by atoms with Crippen LogP contribution < -0.4 is 21.4 Å². The van der Waals surface area contributed by atoms with Gasteiger partial charge in [0.05, 0.1) is 19.3 Å². The second kappa shape index (κ2) is 14.4. The van der Waals surface area contributed by atoms with Gasteiger partial charge in [-0.1, -0.05) is 99.6 Å². The summed E-state index contributed by atoms with van der Waals surface area (Å²) >= 11 is 0. The van der Waals surface area contributed by atoms with Crippen molar-refractivity contribution in [2.45, 2.75) is 64.0 Å². The van der Waals surface area contributed by atoms with Crippen molar-refractivity contribution in [2.75, 3.05) is 18.5 Å². The van der Waals surface area contributed by atoms with Crippen LogP contribution in [0.4, 0.5) is 5.82 Å². The fourth-order valence-corrected chi connectivity index (χ4v) is 11.1. The molecule has 1 fully saturated rings. The average Bonchev–Trinajstić information content (AvgIpc) is 3.51. The molecule has 0 unspecified atom stereocenters. The molecule has 1 aliphatic heterocycles. The van der Waals surface area contributed by atoms with Crippen LogP contribution in [-0.4, -0.2) is 59.8 Å². The first-order valence-corrected chi connectivity index (χ1v) is 18.0. The number of aromatic nitrogens is 2. The van der Waals surface area contributed by atoms with E-state index in [0.717, 1.165) is 10.4 Å². The average molecular weight is 670 g/mol. The summed E-state index contributed by atoms with van der Waals surface area (Å²) in [6.45, 7) is 9.79. The molecule has 11 heteroatoms. The van der Waals surface area contributed by atoms with Crippen LogP contribution >= 0.6 is 0 Å². The number of aliphatic hydroxyl groups is 1. The summed E-state index contributed by atoms with van der Waals surface area (Å²) in [6.07, 6.45) is -0.0173. The second-order valence-electron chi connectivity index (χ2n) is 13.2. The highest BCUT2D eigenvalue weighted by atomic mass is 28.4. The molecule has 5 rings (SSSR count). The summed E-state index contributed by atoms with van der Waals surface area (Å²) in [5, 5.41) is 16.1. The lowest BCUT2D eigenvalue weighted by atomic mass is 9.85. The van der Waals surface area contributed by atoms with E-state index >= 15 is 0 Å². The molecule has 0 radical (unpaired) electrons. The summed E-state index contributed by atoms with van der Waals surface area (Å²) in [5.74, 6) is -2.05. The predicted octanol–water partition coefficient (Wildman–Crippen LogP) is 4.29. The molecule has 10 nitrogen and oxygen atoms in total.